The van der Waals surface area contributed by atoms with Gasteiger partial charge in [-0.05, 0) is 49.4 Å². The van der Waals surface area contributed by atoms with Crippen LogP contribution in [0, 0.1) is 0 Å². The van der Waals surface area contributed by atoms with Gasteiger partial charge in [-0.2, -0.15) is 18.3 Å². The molecule has 0 aliphatic heterocycles. The number of halogens is 3. The topological polar surface area (TPSA) is 79.9 Å². The van der Waals surface area contributed by atoms with Gasteiger partial charge in [0.2, 0.25) is 5.88 Å². The Morgan fingerprint density at radius 2 is 1.97 bits per heavy atom. The zero-order valence-corrected chi connectivity index (χ0v) is 17.0. The van der Waals surface area contributed by atoms with E-state index in [2.05, 4.69) is 26.6 Å². The number of aromatic nitrogens is 3. The summed E-state index contributed by atoms with van der Waals surface area (Å²) >= 11 is 0. The van der Waals surface area contributed by atoms with Gasteiger partial charge in [-0.15, -0.1) is 0 Å². The Balaban J connectivity index is 1.34. The van der Waals surface area contributed by atoms with Gasteiger partial charge in [-0.25, -0.2) is 4.98 Å². The number of nitrogens with one attached hydrogen (secondary N) is 2. The smallest absolute Gasteiger partial charge is 0.417 e. The number of carbonyl (C=O) groups is 1. The van der Waals surface area contributed by atoms with E-state index in [-0.39, 0.29) is 17.8 Å². The van der Waals surface area contributed by atoms with Crippen molar-refractivity contribution in [1.29, 1.82) is 0 Å². The first-order valence-electron chi connectivity index (χ1n) is 10.2. The number of benzene rings is 1. The zero-order chi connectivity index (χ0) is 22.6. The molecule has 32 heavy (non-hydrogen) atoms. The number of ether oxygens (including phenoxy) is 1. The van der Waals surface area contributed by atoms with Gasteiger partial charge < -0.3 is 10.1 Å². The second-order valence-electron chi connectivity index (χ2n) is 7.59. The number of aromatic amines is 1. The first kappa shape index (κ1) is 21.6. The third-order valence-corrected chi connectivity index (χ3v) is 5.24. The maximum absolute atomic E-state index is 12.7. The molecule has 1 fully saturated rings. The van der Waals surface area contributed by atoms with Crippen LogP contribution < -0.4 is 10.1 Å². The lowest BCUT2D eigenvalue weighted by atomic mass is 9.89. The van der Waals surface area contributed by atoms with Crippen LogP contribution in [0.25, 0.3) is 6.08 Å². The average Bonchev–Trinajstić information content (AvgIpc) is 3.30. The average molecular weight is 442 g/mol. The zero-order valence-electron chi connectivity index (χ0n) is 17.0. The SMILES string of the molecule is O=C(NC1CCC(=Cc2cccc(Oc3ccc(C(F)(F)F)cn3)c2)CC1)c1cn[nH]c1. The Labute approximate surface area is 182 Å². The van der Waals surface area contributed by atoms with Gasteiger partial charge in [0.25, 0.3) is 5.91 Å². The predicted octanol–water partition coefficient (Wildman–Crippen LogP) is 5.37. The molecular weight excluding hydrogens is 421 g/mol. The molecule has 0 spiro atoms. The first-order valence-corrected chi connectivity index (χ1v) is 10.2. The number of alkyl halides is 3. The van der Waals surface area contributed by atoms with Gasteiger partial charge >= 0.3 is 6.18 Å². The molecule has 2 heterocycles. The van der Waals surface area contributed by atoms with Crippen molar-refractivity contribution in [3.8, 4) is 11.6 Å². The largest absolute Gasteiger partial charge is 0.439 e. The van der Waals surface area contributed by atoms with Crippen LogP contribution in [-0.4, -0.2) is 27.1 Å². The molecule has 0 saturated heterocycles. The lowest BCUT2D eigenvalue weighted by Gasteiger charge is -2.24. The van der Waals surface area contributed by atoms with E-state index >= 15 is 0 Å². The third-order valence-electron chi connectivity index (χ3n) is 5.24. The van der Waals surface area contributed by atoms with Gasteiger partial charge in [-0.1, -0.05) is 23.8 Å². The lowest BCUT2D eigenvalue weighted by Crippen LogP contribution is -2.36. The molecule has 3 aromatic rings. The van der Waals surface area contributed by atoms with Crippen molar-refractivity contribution in [1.82, 2.24) is 20.5 Å². The Hall–Kier alpha value is -3.62. The number of amides is 1. The number of rotatable bonds is 5. The Morgan fingerprint density at radius 1 is 1.16 bits per heavy atom. The van der Waals surface area contributed by atoms with Gasteiger partial charge in [0, 0.05) is 24.5 Å². The molecule has 1 aliphatic carbocycles. The number of carbonyl (C=O) groups excluding carboxylic acids is 1. The number of hydrogen-bond donors (Lipinski definition) is 2. The summed E-state index contributed by atoms with van der Waals surface area (Å²) in [5.74, 6) is 0.460. The van der Waals surface area contributed by atoms with Crippen LogP contribution in [0.2, 0.25) is 0 Å². The van der Waals surface area contributed by atoms with E-state index in [4.69, 9.17) is 4.74 Å². The molecule has 1 saturated carbocycles. The number of nitrogens with zero attached hydrogens (tertiary/aromatic N) is 2. The number of H-pyrrole nitrogens is 1. The summed E-state index contributed by atoms with van der Waals surface area (Å²) in [4.78, 5) is 15.9. The fraction of sp³-hybridized carbons (Fsp3) is 0.261. The van der Waals surface area contributed by atoms with Crippen molar-refractivity contribution >= 4 is 12.0 Å². The molecule has 9 heteroatoms. The number of allylic oxidation sites excluding steroid dienone is 1. The molecule has 0 atom stereocenters. The van der Waals surface area contributed by atoms with Crippen LogP contribution in [0.3, 0.4) is 0 Å². The highest BCUT2D eigenvalue weighted by molar-refractivity contribution is 5.93. The highest BCUT2D eigenvalue weighted by Crippen LogP contribution is 2.31. The molecule has 1 amide bonds. The van der Waals surface area contributed by atoms with E-state index in [9.17, 15) is 18.0 Å². The molecular formula is C23H21F3N4O2. The molecule has 166 valence electrons. The van der Waals surface area contributed by atoms with Crippen molar-refractivity contribution in [3.63, 3.8) is 0 Å². The second kappa shape index (κ2) is 9.25. The minimum Gasteiger partial charge on any atom is -0.439 e. The van der Waals surface area contributed by atoms with Crippen molar-refractivity contribution in [2.75, 3.05) is 0 Å². The minimum atomic E-state index is -4.43. The molecule has 2 aromatic heterocycles. The molecule has 6 nitrogen and oxygen atoms in total. The van der Waals surface area contributed by atoms with Crippen LogP contribution in [0.1, 0.15) is 47.2 Å². The van der Waals surface area contributed by atoms with Gasteiger partial charge in [-0.3, -0.25) is 9.89 Å². The number of hydrogen-bond acceptors (Lipinski definition) is 4. The second-order valence-corrected chi connectivity index (χ2v) is 7.59. The maximum atomic E-state index is 12.7. The van der Waals surface area contributed by atoms with E-state index in [1.807, 2.05) is 18.2 Å². The van der Waals surface area contributed by atoms with Gasteiger partial charge in [0.1, 0.15) is 5.75 Å². The van der Waals surface area contributed by atoms with Crippen molar-refractivity contribution < 1.29 is 22.7 Å². The molecule has 2 N–H and O–H groups in total. The number of pyridine rings is 1. The summed E-state index contributed by atoms with van der Waals surface area (Å²) in [7, 11) is 0. The van der Waals surface area contributed by atoms with Crippen LogP contribution in [0.5, 0.6) is 11.6 Å². The fourth-order valence-corrected chi connectivity index (χ4v) is 3.55. The highest BCUT2D eigenvalue weighted by atomic mass is 19.4. The third kappa shape index (κ3) is 5.54. The van der Waals surface area contributed by atoms with Crippen molar-refractivity contribution in [3.05, 3.63) is 77.3 Å². The summed E-state index contributed by atoms with van der Waals surface area (Å²) in [6, 6.07) is 9.57. The quantitative estimate of drug-likeness (QED) is 0.557. The minimum absolute atomic E-state index is 0.0941. The van der Waals surface area contributed by atoms with E-state index in [1.165, 1.54) is 17.8 Å². The summed E-state index contributed by atoms with van der Waals surface area (Å²) in [5.41, 5.74) is 1.90. The van der Waals surface area contributed by atoms with Crippen LogP contribution in [0.4, 0.5) is 13.2 Å². The molecule has 0 unspecified atom stereocenters. The van der Waals surface area contributed by atoms with Crippen LogP contribution in [-0.2, 0) is 6.18 Å². The summed E-state index contributed by atoms with van der Waals surface area (Å²) in [5, 5.41) is 9.45. The molecule has 1 aromatic carbocycles. The highest BCUT2D eigenvalue weighted by Gasteiger charge is 2.30. The monoisotopic (exact) mass is 442 g/mol. The van der Waals surface area contributed by atoms with Gasteiger partial charge in [0.05, 0.1) is 17.3 Å². The fourth-order valence-electron chi connectivity index (χ4n) is 3.55. The standard InChI is InChI=1S/C23H21F3N4O2/c24-23(25,26)18-6-9-21(27-14-18)32-20-3-1-2-16(11-20)10-15-4-7-19(8-5-15)30-22(31)17-12-28-29-13-17/h1-3,6,9-14,19H,4-5,7-8H2,(H,28,29)(H,30,31). The van der Waals surface area contributed by atoms with E-state index in [0.717, 1.165) is 43.5 Å². The predicted molar refractivity (Wildman–Crippen MR) is 112 cm³/mol. The normalized spacial score (nSPS) is 16.5. The lowest BCUT2D eigenvalue weighted by molar-refractivity contribution is -0.137. The molecule has 0 bridgehead atoms. The van der Waals surface area contributed by atoms with E-state index in [0.29, 0.717) is 11.3 Å². The molecule has 1 aliphatic rings. The van der Waals surface area contributed by atoms with Crippen molar-refractivity contribution in [2.45, 2.75) is 37.9 Å². The summed E-state index contributed by atoms with van der Waals surface area (Å²) < 4.78 is 43.6. The Kier molecular flexibility index (Phi) is 6.25. The molecule has 4 rings (SSSR count). The van der Waals surface area contributed by atoms with Crippen LogP contribution >= 0.6 is 0 Å². The van der Waals surface area contributed by atoms with E-state index in [1.54, 1.807) is 12.3 Å². The van der Waals surface area contributed by atoms with E-state index < -0.39 is 11.7 Å². The summed E-state index contributed by atoms with van der Waals surface area (Å²) in [6.07, 6.45) is 4.90. The Bertz CT molecular complexity index is 1080. The maximum Gasteiger partial charge on any atom is 0.417 e. The first-order chi connectivity index (χ1) is 15.4. The Morgan fingerprint density at radius 3 is 2.62 bits per heavy atom. The van der Waals surface area contributed by atoms with Crippen LogP contribution in [0.15, 0.2) is 60.6 Å². The van der Waals surface area contributed by atoms with Gasteiger partial charge in [0.15, 0.2) is 0 Å². The molecule has 0 radical (unpaired) electrons. The summed E-state index contributed by atoms with van der Waals surface area (Å²) in [6.45, 7) is 0. The van der Waals surface area contributed by atoms with Crippen molar-refractivity contribution in [2.24, 2.45) is 0 Å².